The highest BCUT2D eigenvalue weighted by molar-refractivity contribution is 8.22. The van der Waals surface area contributed by atoms with Crippen LogP contribution in [0, 0.1) is 0 Å². The number of carbonyl (C=O) groups is 1. The molecule has 9 heavy (non-hydrogen) atoms. The quantitative estimate of drug-likeness (QED) is 0.633. The van der Waals surface area contributed by atoms with Crippen LogP contribution in [0.1, 0.15) is 6.92 Å². The van der Waals surface area contributed by atoms with Crippen molar-refractivity contribution in [3.63, 3.8) is 0 Å². The van der Waals surface area contributed by atoms with Gasteiger partial charge in [-0.05, 0) is 6.92 Å². The molecule has 0 atom stereocenters. The molecule has 0 aromatic heterocycles. The molecular formula is C5H8O2S2. The summed E-state index contributed by atoms with van der Waals surface area (Å²) in [6.45, 7) is 1.76. The first-order chi connectivity index (χ1) is 4.15. The molecule has 1 aliphatic heterocycles. The highest BCUT2D eigenvalue weighted by Gasteiger charge is 2.37. The molecule has 52 valence electrons. The molecule has 4 heteroatoms. The fourth-order valence-electron chi connectivity index (χ4n) is 0.638. The lowest BCUT2D eigenvalue weighted by molar-refractivity contribution is -0.136. The minimum absolute atomic E-state index is 0.556. The van der Waals surface area contributed by atoms with Gasteiger partial charge in [0.2, 0.25) is 0 Å². The van der Waals surface area contributed by atoms with E-state index < -0.39 is 10.0 Å². The Kier molecular flexibility index (Phi) is 1.96. The van der Waals surface area contributed by atoms with Crippen molar-refractivity contribution in [1.82, 2.24) is 0 Å². The first-order valence-electron chi connectivity index (χ1n) is 2.66. The molecule has 0 aromatic rings. The average molecular weight is 164 g/mol. The predicted molar refractivity (Wildman–Crippen MR) is 41.0 cm³/mol. The Bertz CT molecular complexity index is 129. The van der Waals surface area contributed by atoms with Crippen LogP contribution in [-0.4, -0.2) is 26.7 Å². The van der Waals surface area contributed by atoms with Gasteiger partial charge in [-0.15, -0.1) is 23.5 Å². The molecule has 1 saturated heterocycles. The summed E-state index contributed by atoms with van der Waals surface area (Å²) in [4.78, 5) is 10.5. The van der Waals surface area contributed by atoms with E-state index in [2.05, 4.69) is 0 Å². The fourth-order valence-corrected chi connectivity index (χ4v) is 3.16. The van der Waals surface area contributed by atoms with E-state index in [1.807, 2.05) is 0 Å². The monoisotopic (exact) mass is 164 g/mol. The van der Waals surface area contributed by atoms with Crippen molar-refractivity contribution in [3.8, 4) is 0 Å². The van der Waals surface area contributed by atoms with Crippen LogP contribution in [0.4, 0.5) is 0 Å². The number of thioether (sulfide) groups is 2. The van der Waals surface area contributed by atoms with E-state index in [-0.39, 0.29) is 0 Å². The Morgan fingerprint density at radius 2 is 2.00 bits per heavy atom. The lowest BCUT2D eigenvalue weighted by atomic mass is 10.5. The smallest absolute Gasteiger partial charge is 0.329 e. The zero-order chi connectivity index (χ0) is 6.91. The molecule has 0 amide bonds. The lowest BCUT2D eigenvalue weighted by Crippen LogP contribution is -2.24. The second-order valence-corrected chi connectivity index (χ2v) is 5.23. The van der Waals surface area contributed by atoms with Gasteiger partial charge in [0.05, 0.1) is 0 Å². The van der Waals surface area contributed by atoms with Gasteiger partial charge in [-0.3, -0.25) is 0 Å². The molecule has 0 spiro atoms. The van der Waals surface area contributed by atoms with Gasteiger partial charge in [0, 0.05) is 11.5 Å². The van der Waals surface area contributed by atoms with Crippen LogP contribution < -0.4 is 0 Å². The maximum absolute atomic E-state index is 10.5. The average Bonchev–Trinajstić information content (AvgIpc) is 2.16. The van der Waals surface area contributed by atoms with Crippen LogP contribution >= 0.6 is 23.5 Å². The van der Waals surface area contributed by atoms with Crippen molar-refractivity contribution >= 4 is 29.5 Å². The third kappa shape index (κ3) is 1.35. The Morgan fingerprint density at radius 1 is 1.56 bits per heavy atom. The van der Waals surface area contributed by atoms with Crippen molar-refractivity contribution < 1.29 is 9.90 Å². The summed E-state index contributed by atoms with van der Waals surface area (Å²) in [7, 11) is 0. The number of hydrogen-bond donors (Lipinski definition) is 1. The van der Waals surface area contributed by atoms with Gasteiger partial charge in [0.15, 0.2) is 4.08 Å². The lowest BCUT2D eigenvalue weighted by Gasteiger charge is -2.13. The van der Waals surface area contributed by atoms with E-state index >= 15 is 0 Å². The van der Waals surface area contributed by atoms with Gasteiger partial charge in [-0.25, -0.2) is 4.79 Å². The second kappa shape index (κ2) is 2.42. The third-order valence-corrected chi connectivity index (χ3v) is 4.46. The van der Waals surface area contributed by atoms with Crippen molar-refractivity contribution in [1.29, 1.82) is 0 Å². The van der Waals surface area contributed by atoms with E-state index in [1.165, 1.54) is 23.5 Å². The van der Waals surface area contributed by atoms with Gasteiger partial charge in [0.1, 0.15) is 0 Å². The van der Waals surface area contributed by atoms with Crippen LogP contribution in [0.5, 0.6) is 0 Å². The van der Waals surface area contributed by atoms with E-state index in [4.69, 9.17) is 5.11 Å². The molecular weight excluding hydrogens is 156 g/mol. The maximum atomic E-state index is 10.5. The van der Waals surface area contributed by atoms with Gasteiger partial charge in [-0.2, -0.15) is 0 Å². The van der Waals surface area contributed by atoms with Gasteiger partial charge >= 0.3 is 5.97 Å². The van der Waals surface area contributed by atoms with Gasteiger partial charge in [-0.1, -0.05) is 0 Å². The van der Waals surface area contributed by atoms with E-state index in [9.17, 15) is 4.79 Å². The summed E-state index contributed by atoms with van der Waals surface area (Å²) in [5.74, 6) is 1.23. The van der Waals surface area contributed by atoms with Crippen LogP contribution in [0.2, 0.25) is 0 Å². The molecule has 1 fully saturated rings. The first-order valence-corrected chi connectivity index (χ1v) is 4.63. The number of carboxylic acids is 1. The SMILES string of the molecule is CC1(C(=O)O)SCCS1. The summed E-state index contributed by atoms with van der Waals surface area (Å²) < 4.78 is -0.556. The van der Waals surface area contributed by atoms with Crippen LogP contribution in [0.3, 0.4) is 0 Å². The standard InChI is InChI=1S/C5H8O2S2/c1-5(4(6)7)8-2-3-9-5/h2-3H2,1H3,(H,6,7). The minimum atomic E-state index is -0.699. The van der Waals surface area contributed by atoms with Crippen molar-refractivity contribution in [3.05, 3.63) is 0 Å². The Balaban J connectivity index is 2.61. The molecule has 0 saturated carbocycles. The highest BCUT2D eigenvalue weighted by Crippen LogP contribution is 2.43. The first kappa shape index (κ1) is 7.28. The van der Waals surface area contributed by atoms with Crippen LogP contribution in [0.25, 0.3) is 0 Å². The molecule has 0 unspecified atom stereocenters. The zero-order valence-corrected chi connectivity index (χ0v) is 6.72. The summed E-state index contributed by atoms with van der Waals surface area (Å²) >= 11 is 3.03. The normalized spacial score (nSPS) is 24.1. The number of hydrogen-bond acceptors (Lipinski definition) is 3. The molecule has 1 N–H and O–H groups in total. The van der Waals surface area contributed by atoms with E-state index in [0.29, 0.717) is 0 Å². The molecule has 1 rings (SSSR count). The van der Waals surface area contributed by atoms with Crippen molar-refractivity contribution in [2.75, 3.05) is 11.5 Å². The summed E-state index contributed by atoms with van der Waals surface area (Å²) in [5, 5.41) is 8.63. The zero-order valence-electron chi connectivity index (χ0n) is 5.09. The van der Waals surface area contributed by atoms with Crippen molar-refractivity contribution in [2.45, 2.75) is 11.0 Å². The third-order valence-electron chi connectivity index (χ3n) is 1.23. The number of rotatable bonds is 1. The van der Waals surface area contributed by atoms with Crippen LogP contribution in [0.15, 0.2) is 0 Å². The van der Waals surface area contributed by atoms with E-state index in [1.54, 1.807) is 6.92 Å². The second-order valence-electron chi connectivity index (χ2n) is 1.95. The molecule has 0 aliphatic carbocycles. The van der Waals surface area contributed by atoms with Gasteiger partial charge < -0.3 is 5.11 Å². The highest BCUT2D eigenvalue weighted by atomic mass is 32.2. The molecule has 1 aliphatic rings. The number of aliphatic carboxylic acids is 1. The Hall–Kier alpha value is 0.170. The summed E-state index contributed by atoms with van der Waals surface area (Å²) in [5.41, 5.74) is 0. The predicted octanol–water partition coefficient (Wildman–Crippen LogP) is 1.27. The van der Waals surface area contributed by atoms with Crippen LogP contribution in [-0.2, 0) is 4.79 Å². The fraction of sp³-hybridized carbons (Fsp3) is 0.800. The summed E-state index contributed by atoms with van der Waals surface area (Å²) in [6, 6.07) is 0. The largest absolute Gasteiger partial charge is 0.480 e. The van der Waals surface area contributed by atoms with Gasteiger partial charge in [0.25, 0.3) is 0 Å². The molecule has 0 radical (unpaired) electrons. The maximum Gasteiger partial charge on any atom is 0.329 e. The Labute approximate surface area is 62.4 Å². The molecule has 0 aromatic carbocycles. The van der Waals surface area contributed by atoms with Crippen molar-refractivity contribution in [2.24, 2.45) is 0 Å². The topological polar surface area (TPSA) is 37.3 Å². The van der Waals surface area contributed by atoms with E-state index in [0.717, 1.165) is 11.5 Å². The summed E-state index contributed by atoms with van der Waals surface area (Å²) in [6.07, 6.45) is 0. The molecule has 2 nitrogen and oxygen atoms in total. The molecule has 1 heterocycles. The Morgan fingerprint density at radius 3 is 2.22 bits per heavy atom. The minimum Gasteiger partial charge on any atom is -0.480 e. The number of carboxylic acid groups (broad SMARTS) is 1. The molecule has 0 bridgehead atoms.